The maximum atomic E-state index is 5.57. The fourth-order valence-corrected chi connectivity index (χ4v) is 2.92. The summed E-state index contributed by atoms with van der Waals surface area (Å²) in [5, 5.41) is 7.49. The van der Waals surface area contributed by atoms with E-state index in [1.165, 1.54) is 6.33 Å². The minimum Gasteiger partial charge on any atom is -0.338 e. The quantitative estimate of drug-likeness (QED) is 0.917. The Morgan fingerprint density at radius 1 is 1.35 bits per heavy atom. The Hall–Kier alpha value is -1.82. The molecule has 2 aromatic rings. The topological polar surface area (TPSA) is 76.7 Å². The monoisotopic (exact) mass is 273 g/mol. The van der Waals surface area contributed by atoms with Crippen LogP contribution in [-0.2, 0) is 5.41 Å². The number of aromatic nitrogens is 4. The number of hydrogen-bond donors (Lipinski definition) is 1. The third-order valence-corrected chi connectivity index (χ3v) is 3.98. The highest BCUT2D eigenvalue weighted by Crippen LogP contribution is 2.37. The van der Waals surface area contributed by atoms with Crippen LogP contribution in [0.25, 0.3) is 11.5 Å². The zero-order valence-electron chi connectivity index (χ0n) is 11.7. The van der Waals surface area contributed by atoms with Crippen molar-refractivity contribution in [1.82, 2.24) is 25.4 Å². The molecule has 20 heavy (non-hydrogen) atoms. The first-order valence-corrected chi connectivity index (χ1v) is 7.15. The van der Waals surface area contributed by atoms with Crippen molar-refractivity contribution in [3.63, 3.8) is 0 Å². The maximum absolute atomic E-state index is 5.57. The van der Waals surface area contributed by atoms with Crippen LogP contribution >= 0.6 is 0 Å². The molecule has 1 saturated heterocycles. The first-order valence-electron chi connectivity index (χ1n) is 7.15. The van der Waals surface area contributed by atoms with Crippen molar-refractivity contribution in [1.29, 1.82) is 0 Å². The molecule has 6 heteroatoms. The second kappa shape index (κ2) is 5.66. The minimum absolute atomic E-state index is 0.0261. The minimum atomic E-state index is 0.0261. The molecule has 0 bridgehead atoms. The SMILES string of the molecule is CCCC1(c2nc(-c3ccncn3)no2)CCNCC1. The molecule has 0 aliphatic carbocycles. The molecule has 2 aromatic heterocycles. The third-order valence-electron chi connectivity index (χ3n) is 3.98. The molecule has 0 aromatic carbocycles. The highest BCUT2D eigenvalue weighted by atomic mass is 16.5. The van der Waals surface area contributed by atoms with Crippen molar-refractivity contribution in [3.05, 3.63) is 24.5 Å². The molecule has 0 amide bonds. The van der Waals surface area contributed by atoms with Crippen LogP contribution < -0.4 is 5.32 Å². The van der Waals surface area contributed by atoms with Crippen LogP contribution in [-0.4, -0.2) is 33.2 Å². The number of nitrogens with zero attached hydrogens (tertiary/aromatic N) is 4. The summed E-state index contributed by atoms with van der Waals surface area (Å²) >= 11 is 0. The summed E-state index contributed by atoms with van der Waals surface area (Å²) < 4.78 is 5.57. The summed E-state index contributed by atoms with van der Waals surface area (Å²) in [5.74, 6) is 1.31. The van der Waals surface area contributed by atoms with Crippen LogP contribution in [0.5, 0.6) is 0 Å². The normalized spacial score (nSPS) is 18.1. The molecule has 1 N–H and O–H groups in total. The van der Waals surface area contributed by atoms with Crippen LogP contribution in [0.3, 0.4) is 0 Å². The van der Waals surface area contributed by atoms with Crippen molar-refractivity contribution < 1.29 is 4.52 Å². The van der Waals surface area contributed by atoms with E-state index in [-0.39, 0.29) is 5.41 Å². The van der Waals surface area contributed by atoms with E-state index >= 15 is 0 Å². The maximum Gasteiger partial charge on any atom is 0.233 e. The zero-order valence-corrected chi connectivity index (χ0v) is 11.7. The number of piperidine rings is 1. The smallest absolute Gasteiger partial charge is 0.233 e. The molecule has 0 radical (unpaired) electrons. The fraction of sp³-hybridized carbons (Fsp3) is 0.571. The van der Waals surface area contributed by atoms with Crippen molar-refractivity contribution in [3.8, 4) is 11.5 Å². The van der Waals surface area contributed by atoms with Gasteiger partial charge in [0.05, 0.1) is 5.41 Å². The Bertz CT molecular complexity index is 542. The highest BCUT2D eigenvalue weighted by Gasteiger charge is 2.38. The Labute approximate surface area is 118 Å². The van der Waals surface area contributed by atoms with Crippen LogP contribution in [0.1, 0.15) is 38.5 Å². The molecular formula is C14H19N5O. The summed E-state index contributed by atoms with van der Waals surface area (Å²) in [4.78, 5) is 12.7. The van der Waals surface area contributed by atoms with Crippen LogP contribution in [0.4, 0.5) is 0 Å². The van der Waals surface area contributed by atoms with Crippen molar-refractivity contribution in [2.24, 2.45) is 0 Å². The van der Waals surface area contributed by atoms with Gasteiger partial charge in [0, 0.05) is 6.20 Å². The predicted octanol–water partition coefficient (Wildman–Crippen LogP) is 1.95. The second-order valence-electron chi connectivity index (χ2n) is 5.30. The molecule has 0 atom stereocenters. The van der Waals surface area contributed by atoms with E-state index in [0.29, 0.717) is 11.5 Å². The van der Waals surface area contributed by atoms with Crippen LogP contribution in [0.2, 0.25) is 0 Å². The number of hydrogen-bond acceptors (Lipinski definition) is 6. The van der Waals surface area contributed by atoms with Crippen molar-refractivity contribution >= 4 is 0 Å². The molecule has 1 aliphatic heterocycles. The largest absolute Gasteiger partial charge is 0.338 e. The Morgan fingerprint density at radius 2 is 2.20 bits per heavy atom. The molecule has 0 spiro atoms. The van der Waals surface area contributed by atoms with Crippen LogP contribution in [0, 0.1) is 0 Å². The summed E-state index contributed by atoms with van der Waals surface area (Å²) in [5.41, 5.74) is 0.730. The lowest BCUT2D eigenvalue weighted by Crippen LogP contribution is -2.40. The van der Waals surface area contributed by atoms with Gasteiger partial charge in [-0.1, -0.05) is 18.5 Å². The van der Waals surface area contributed by atoms with E-state index < -0.39 is 0 Å². The third kappa shape index (κ3) is 2.43. The van der Waals surface area contributed by atoms with Gasteiger partial charge < -0.3 is 9.84 Å². The Balaban J connectivity index is 1.91. The van der Waals surface area contributed by atoms with Gasteiger partial charge in [0.15, 0.2) is 0 Å². The lowest BCUT2D eigenvalue weighted by Gasteiger charge is -2.34. The summed E-state index contributed by atoms with van der Waals surface area (Å²) in [6, 6.07) is 1.80. The number of nitrogens with one attached hydrogen (secondary N) is 1. The molecule has 6 nitrogen and oxygen atoms in total. The average Bonchev–Trinajstić information content (AvgIpc) is 3.00. The molecule has 3 rings (SSSR count). The van der Waals surface area contributed by atoms with Gasteiger partial charge in [0.1, 0.15) is 12.0 Å². The van der Waals surface area contributed by atoms with E-state index in [9.17, 15) is 0 Å². The van der Waals surface area contributed by atoms with Crippen molar-refractivity contribution in [2.45, 2.75) is 38.0 Å². The van der Waals surface area contributed by atoms with E-state index in [1.807, 2.05) is 0 Å². The molecule has 3 heterocycles. The van der Waals surface area contributed by atoms with Gasteiger partial charge >= 0.3 is 0 Å². The van der Waals surface area contributed by atoms with Gasteiger partial charge in [0.2, 0.25) is 11.7 Å². The predicted molar refractivity (Wildman–Crippen MR) is 74.0 cm³/mol. The first-order chi connectivity index (χ1) is 9.84. The van der Waals surface area contributed by atoms with Crippen LogP contribution in [0.15, 0.2) is 23.1 Å². The molecule has 1 fully saturated rings. The lowest BCUT2D eigenvalue weighted by atomic mass is 9.75. The molecule has 106 valence electrons. The summed E-state index contributed by atoms with van der Waals surface area (Å²) in [6.45, 7) is 4.21. The van der Waals surface area contributed by atoms with Gasteiger partial charge in [0.25, 0.3) is 0 Å². The van der Waals surface area contributed by atoms with E-state index in [4.69, 9.17) is 4.52 Å². The van der Waals surface area contributed by atoms with E-state index in [2.05, 4.69) is 32.3 Å². The Kier molecular flexibility index (Phi) is 3.73. The van der Waals surface area contributed by atoms with Gasteiger partial charge in [-0.2, -0.15) is 4.98 Å². The molecule has 0 unspecified atom stereocenters. The van der Waals surface area contributed by atoms with Gasteiger partial charge in [-0.15, -0.1) is 0 Å². The summed E-state index contributed by atoms with van der Waals surface area (Å²) in [6.07, 6.45) is 7.48. The standard InChI is InChI=1S/C14H19N5O/c1-2-4-14(5-8-15-9-6-14)13-18-12(19-20-13)11-3-7-16-10-17-11/h3,7,10,15H,2,4-6,8-9H2,1H3. The zero-order chi connectivity index (χ0) is 13.8. The molecule has 0 saturated carbocycles. The highest BCUT2D eigenvalue weighted by molar-refractivity contribution is 5.46. The number of rotatable bonds is 4. The van der Waals surface area contributed by atoms with Gasteiger partial charge in [-0.3, -0.25) is 0 Å². The lowest BCUT2D eigenvalue weighted by molar-refractivity contribution is 0.208. The second-order valence-corrected chi connectivity index (χ2v) is 5.30. The Morgan fingerprint density at radius 3 is 2.90 bits per heavy atom. The van der Waals surface area contributed by atoms with Crippen molar-refractivity contribution in [2.75, 3.05) is 13.1 Å². The van der Waals surface area contributed by atoms with Gasteiger partial charge in [-0.05, 0) is 38.4 Å². The summed E-state index contributed by atoms with van der Waals surface area (Å²) in [7, 11) is 0. The first kappa shape index (κ1) is 13.2. The molecular weight excluding hydrogens is 254 g/mol. The fourth-order valence-electron chi connectivity index (χ4n) is 2.92. The molecule has 1 aliphatic rings. The average molecular weight is 273 g/mol. The van der Waals surface area contributed by atoms with E-state index in [1.54, 1.807) is 12.3 Å². The van der Waals surface area contributed by atoms with E-state index in [0.717, 1.165) is 44.7 Å². The van der Waals surface area contributed by atoms with Gasteiger partial charge in [-0.25, -0.2) is 9.97 Å².